The second-order valence-electron chi connectivity index (χ2n) is 10.9. The topological polar surface area (TPSA) is 93.1 Å². The molecule has 0 aromatic heterocycles. The molecule has 30 heavy (non-hydrogen) atoms. The highest BCUT2D eigenvalue weighted by atomic mass is 19.1. The Morgan fingerprint density at radius 2 is 1.97 bits per heavy atom. The lowest BCUT2D eigenvalue weighted by Gasteiger charge is -2.65. The molecular formula is C23H33FO6. The first-order valence-electron chi connectivity index (χ1n) is 11.4. The van der Waals surface area contributed by atoms with Gasteiger partial charge >= 0.3 is 0 Å². The second-order valence-corrected chi connectivity index (χ2v) is 10.9. The molecule has 5 fully saturated rings. The van der Waals surface area contributed by atoms with Gasteiger partial charge in [-0.15, -0.1) is 0 Å². The summed E-state index contributed by atoms with van der Waals surface area (Å²) in [4.78, 5) is 25.1. The highest BCUT2D eigenvalue weighted by molar-refractivity contribution is 5.91. The molecule has 2 N–H and O–H groups in total. The Hall–Kier alpha value is -0.890. The third-order valence-electron chi connectivity index (χ3n) is 9.98. The van der Waals surface area contributed by atoms with Crippen molar-refractivity contribution in [1.82, 2.24) is 0 Å². The first-order valence-corrected chi connectivity index (χ1v) is 11.4. The number of Topliss-reactive ketones (excluding diaryl/α,β-unsaturated/α-hetero) is 2. The zero-order chi connectivity index (χ0) is 21.7. The fraction of sp³-hybridized carbons (Fsp3) is 0.913. The van der Waals surface area contributed by atoms with E-state index in [9.17, 15) is 19.8 Å². The van der Waals surface area contributed by atoms with E-state index in [1.54, 1.807) is 6.92 Å². The van der Waals surface area contributed by atoms with E-state index < -0.39 is 58.9 Å². The van der Waals surface area contributed by atoms with Crippen LogP contribution in [0.3, 0.4) is 0 Å². The van der Waals surface area contributed by atoms with Gasteiger partial charge in [-0.2, -0.15) is 0 Å². The fourth-order valence-corrected chi connectivity index (χ4v) is 8.59. The largest absolute Gasteiger partial charge is 0.390 e. The number of hydrogen-bond donors (Lipinski definition) is 2. The number of halogens is 1. The lowest BCUT2D eigenvalue weighted by molar-refractivity contribution is -0.260. The summed E-state index contributed by atoms with van der Waals surface area (Å²) in [6, 6.07) is 0. The highest BCUT2D eigenvalue weighted by Crippen LogP contribution is 2.72. The number of carbonyl (C=O) groups is 2. The van der Waals surface area contributed by atoms with Crippen molar-refractivity contribution in [3.63, 3.8) is 0 Å². The maximum atomic E-state index is 17.1. The Bertz CT molecular complexity index is 788. The van der Waals surface area contributed by atoms with Crippen LogP contribution in [0.25, 0.3) is 0 Å². The number of ether oxygens (including phenoxy) is 2. The van der Waals surface area contributed by atoms with Gasteiger partial charge in [0.1, 0.15) is 18.1 Å². The number of carbonyl (C=O) groups excluding carboxylic acids is 2. The number of hydrogen-bond acceptors (Lipinski definition) is 6. The number of ketones is 2. The average molecular weight is 425 g/mol. The molecule has 0 spiro atoms. The highest BCUT2D eigenvalue weighted by Gasteiger charge is 2.79. The van der Waals surface area contributed by atoms with Crippen LogP contribution in [-0.4, -0.2) is 58.2 Å². The van der Waals surface area contributed by atoms with E-state index in [1.807, 2.05) is 13.8 Å². The summed E-state index contributed by atoms with van der Waals surface area (Å²) in [6.45, 7) is 4.89. The summed E-state index contributed by atoms with van der Waals surface area (Å²) in [5.74, 6) is -0.941. The quantitative estimate of drug-likeness (QED) is 0.707. The average Bonchev–Trinajstić information content (AvgIpc) is 3.14. The van der Waals surface area contributed by atoms with Gasteiger partial charge in [0.05, 0.1) is 12.2 Å². The lowest BCUT2D eigenvalue weighted by Crippen LogP contribution is -2.71. The summed E-state index contributed by atoms with van der Waals surface area (Å²) in [5, 5.41) is 21.1. The molecule has 0 bridgehead atoms. The van der Waals surface area contributed by atoms with Crippen molar-refractivity contribution in [2.75, 3.05) is 6.61 Å². The minimum atomic E-state index is -1.81. The second kappa shape index (κ2) is 6.33. The van der Waals surface area contributed by atoms with E-state index in [-0.39, 0.29) is 24.0 Å². The van der Waals surface area contributed by atoms with Crippen LogP contribution >= 0.6 is 0 Å². The summed E-state index contributed by atoms with van der Waals surface area (Å²) in [7, 11) is 0. The number of rotatable bonds is 2. The Kier molecular flexibility index (Phi) is 4.43. The van der Waals surface area contributed by atoms with Crippen LogP contribution < -0.4 is 0 Å². The van der Waals surface area contributed by atoms with Gasteiger partial charge in [0, 0.05) is 23.7 Å². The van der Waals surface area contributed by atoms with E-state index in [0.29, 0.717) is 32.1 Å². The molecule has 0 radical (unpaired) electrons. The molecule has 3 unspecified atom stereocenters. The van der Waals surface area contributed by atoms with Crippen LogP contribution in [0.4, 0.5) is 4.39 Å². The first-order chi connectivity index (χ1) is 14.0. The summed E-state index contributed by atoms with van der Waals surface area (Å²) < 4.78 is 29.2. The summed E-state index contributed by atoms with van der Waals surface area (Å²) in [5.41, 5.74) is -4.75. The molecule has 1 heterocycles. The van der Waals surface area contributed by atoms with Gasteiger partial charge in [-0.25, -0.2) is 4.39 Å². The van der Waals surface area contributed by atoms with Crippen molar-refractivity contribution in [2.24, 2.45) is 28.6 Å². The van der Waals surface area contributed by atoms with E-state index in [2.05, 4.69) is 0 Å². The maximum absolute atomic E-state index is 17.1. The molecule has 7 heteroatoms. The summed E-state index contributed by atoms with van der Waals surface area (Å²) in [6.07, 6.45) is 0.709. The third-order valence-corrected chi connectivity index (χ3v) is 9.98. The molecule has 5 aliphatic rings. The SMILES string of the molecule is CC1O[C@@H]2C[C@H]3[C@@H]4CCC5CC(=O)CC[C@]5(C)[C@@]4(F)[C@@H](O)CC3(C)[C@]2(C(=O)CO)O1. The van der Waals surface area contributed by atoms with Gasteiger partial charge in [0.25, 0.3) is 0 Å². The van der Waals surface area contributed by atoms with Crippen LogP contribution in [-0.2, 0) is 19.1 Å². The van der Waals surface area contributed by atoms with E-state index in [0.717, 1.165) is 6.42 Å². The van der Waals surface area contributed by atoms with Crippen molar-refractivity contribution >= 4 is 11.6 Å². The third kappa shape index (κ3) is 2.18. The number of aliphatic hydroxyl groups is 2. The molecule has 1 saturated heterocycles. The Balaban J connectivity index is 1.59. The molecule has 0 aromatic rings. The van der Waals surface area contributed by atoms with Crippen LogP contribution in [0.2, 0.25) is 0 Å². The molecule has 10 atom stereocenters. The number of aliphatic hydroxyl groups excluding tert-OH is 2. The first kappa shape index (κ1) is 21.0. The molecule has 5 rings (SSSR count). The summed E-state index contributed by atoms with van der Waals surface area (Å²) >= 11 is 0. The molecule has 0 aromatic carbocycles. The van der Waals surface area contributed by atoms with Gasteiger partial charge in [0.2, 0.25) is 0 Å². The van der Waals surface area contributed by atoms with E-state index in [1.165, 1.54) is 0 Å². The van der Waals surface area contributed by atoms with Gasteiger partial charge in [-0.05, 0) is 56.8 Å². The molecule has 168 valence electrons. The van der Waals surface area contributed by atoms with Crippen molar-refractivity contribution in [3.05, 3.63) is 0 Å². The smallest absolute Gasteiger partial charge is 0.193 e. The van der Waals surface area contributed by atoms with Crippen LogP contribution in [0.15, 0.2) is 0 Å². The molecule has 6 nitrogen and oxygen atoms in total. The Morgan fingerprint density at radius 3 is 2.67 bits per heavy atom. The normalized spacial score (nSPS) is 57.3. The van der Waals surface area contributed by atoms with Crippen LogP contribution in [0.1, 0.15) is 65.7 Å². The van der Waals surface area contributed by atoms with Crippen molar-refractivity contribution < 1.29 is 33.7 Å². The van der Waals surface area contributed by atoms with Crippen LogP contribution in [0, 0.1) is 28.6 Å². The van der Waals surface area contributed by atoms with E-state index in [4.69, 9.17) is 9.47 Å². The molecule has 0 amide bonds. The molecule has 1 aliphatic heterocycles. The minimum Gasteiger partial charge on any atom is -0.390 e. The Labute approximate surface area is 176 Å². The predicted molar refractivity (Wildman–Crippen MR) is 104 cm³/mol. The molecule has 4 saturated carbocycles. The number of fused-ring (bicyclic) bond motifs is 7. The zero-order valence-electron chi connectivity index (χ0n) is 18.0. The zero-order valence-corrected chi connectivity index (χ0v) is 18.0. The van der Waals surface area contributed by atoms with Gasteiger partial charge in [-0.1, -0.05) is 13.8 Å². The lowest BCUT2D eigenvalue weighted by atomic mass is 9.42. The number of alkyl halides is 1. The standard InChI is InChI=1S/C23H33FO6/c1-12-29-19-9-16-15-5-4-13-8-14(26)6-7-20(13,2)22(15,24)17(27)10-21(16,3)23(19,30-12)18(28)11-25/h12-13,15-17,19,25,27H,4-11H2,1-3H3/t12?,13?,15-,16-,17-,19+,20-,21?,22-,23+/m0/s1. The van der Waals surface area contributed by atoms with Crippen molar-refractivity contribution in [2.45, 2.75) is 95.5 Å². The van der Waals surface area contributed by atoms with Crippen molar-refractivity contribution in [3.8, 4) is 0 Å². The van der Waals surface area contributed by atoms with Crippen molar-refractivity contribution in [1.29, 1.82) is 0 Å². The van der Waals surface area contributed by atoms with E-state index >= 15 is 4.39 Å². The monoisotopic (exact) mass is 424 g/mol. The molecular weight excluding hydrogens is 391 g/mol. The maximum Gasteiger partial charge on any atom is 0.193 e. The Morgan fingerprint density at radius 1 is 1.23 bits per heavy atom. The van der Waals surface area contributed by atoms with Gasteiger partial charge in [0.15, 0.2) is 17.7 Å². The predicted octanol–water partition coefficient (Wildman–Crippen LogP) is 2.33. The minimum absolute atomic E-state index is 0.0551. The van der Waals surface area contributed by atoms with Gasteiger partial charge < -0.3 is 19.7 Å². The van der Waals surface area contributed by atoms with Crippen LogP contribution in [0.5, 0.6) is 0 Å². The molecule has 4 aliphatic carbocycles. The van der Waals surface area contributed by atoms with Gasteiger partial charge in [-0.3, -0.25) is 9.59 Å². The fourth-order valence-electron chi connectivity index (χ4n) is 8.59.